The monoisotopic (exact) mass is 524 g/mol. The molecule has 2 heterocycles. The number of nitrogens with zero attached hydrogens (tertiary/aromatic N) is 2. The molecule has 2 bridgehead atoms. The van der Waals surface area contributed by atoms with Crippen LogP contribution >= 0.6 is 15.9 Å². The first-order valence-corrected chi connectivity index (χ1v) is 13.0. The molecule has 0 aliphatic carbocycles. The minimum Gasteiger partial charge on any atom is -0.378 e. The van der Waals surface area contributed by atoms with Crippen LogP contribution in [0, 0.1) is 13.8 Å². The predicted octanol–water partition coefficient (Wildman–Crippen LogP) is 6.71. The van der Waals surface area contributed by atoms with Crippen LogP contribution in [-0.2, 0) is 18.7 Å². The van der Waals surface area contributed by atoms with Gasteiger partial charge in [-0.1, -0.05) is 93.8 Å². The first kappa shape index (κ1) is 22.4. The molecule has 3 nitrogen and oxygen atoms in total. The Kier molecular flexibility index (Phi) is 5.46. The second-order valence-corrected chi connectivity index (χ2v) is 10.8. The third-order valence-corrected chi connectivity index (χ3v) is 8.10. The summed E-state index contributed by atoms with van der Waals surface area (Å²) in [6.07, 6.45) is 0. The van der Waals surface area contributed by atoms with E-state index in [2.05, 4.69) is 100 Å². The maximum atomic E-state index is 12.9. The van der Waals surface area contributed by atoms with Gasteiger partial charge in [0.05, 0.1) is 6.04 Å². The number of fused-ring (bicyclic) bond motifs is 7. The third-order valence-electron chi connectivity index (χ3n) is 7.57. The molecule has 0 spiro atoms. The molecule has 0 saturated carbocycles. The van der Waals surface area contributed by atoms with Crippen LogP contribution in [-0.4, -0.2) is 17.7 Å². The highest BCUT2D eigenvalue weighted by atomic mass is 79.9. The quantitative estimate of drug-likeness (QED) is 0.322. The Morgan fingerprint density at radius 3 is 2.03 bits per heavy atom. The van der Waals surface area contributed by atoms with E-state index in [4.69, 9.17) is 0 Å². The summed E-state index contributed by atoms with van der Waals surface area (Å²) in [5.41, 5.74) is 8.23. The molecular weight excluding hydrogens is 496 g/mol. The first-order valence-electron chi connectivity index (χ1n) is 12.2. The Morgan fingerprint density at radius 1 is 0.743 bits per heavy atom. The molecule has 0 amide bonds. The average Bonchev–Trinajstić information content (AvgIpc) is 3.11. The largest absolute Gasteiger partial charge is 0.378 e. The maximum absolute atomic E-state index is 12.9. The number of benzene rings is 4. The highest BCUT2D eigenvalue weighted by Crippen LogP contribution is 2.45. The third kappa shape index (κ3) is 3.76. The van der Waals surface area contributed by atoms with E-state index in [1.807, 2.05) is 30.3 Å². The Morgan fingerprint density at radius 2 is 1.34 bits per heavy atom. The lowest BCUT2D eigenvalue weighted by Crippen LogP contribution is -2.54. The van der Waals surface area contributed by atoms with E-state index in [-0.39, 0.29) is 6.04 Å². The van der Waals surface area contributed by atoms with Crippen LogP contribution in [0.4, 0.5) is 11.4 Å². The summed E-state index contributed by atoms with van der Waals surface area (Å²) in [5.74, 6) is 0. The van der Waals surface area contributed by atoms with Gasteiger partial charge in [-0.25, -0.2) is 0 Å². The Hall–Kier alpha value is -3.08. The van der Waals surface area contributed by atoms with Crippen molar-refractivity contribution >= 4 is 27.3 Å². The average molecular weight is 525 g/mol. The molecule has 0 saturated heterocycles. The molecular formula is C31H29BrN2O. The van der Waals surface area contributed by atoms with Crippen LogP contribution in [0.15, 0.2) is 95.5 Å². The Balaban J connectivity index is 1.60. The van der Waals surface area contributed by atoms with Crippen LogP contribution in [0.2, 0.25) is 0 Å². The smallest absolute Gasteiger partial charge is 0.137 e. The van der Waals surface area contributed by atoms with Gasteiger partial charge in [0.15, 0.2) is 0 Å². The number of aryl methyl sites for hydroxylation is 2. The van der Waals surface area contributed by atoms with Gasteiger partial charge in [-0.2, -0.15) is 0 Å². The van der Waals surface area contributed by atoms with Crippen LogP contribution in [0.3, 0.4) is 0 Å². The second kappa shape index (κ2) is 8.54. The summed E-state index contributed by atoms with van der Waals surface area (Å²) < 4.78 is 1.00. The lowest BCUT2D eigenvalue weighted by atomic mass is 9.79. The van der Waals surface area contributed by atoms with E-state index in [0.29, 0.717) is 6.54 Å². The van der Waals surface area contributed by atoms with Gasteiger partial charge in [0, 0.05) is 35.5 Å². The lowest BCUT2D eigenvalue weighted by Gasteiger charge is -2.44. The van der Waals surface area contributed by atoms with Crippen molar-refractivity contribution in [3.05, 3.63) is 129 Å². The van der Waals surface area contributed by atoms with Gasteiger partial charge in [-0.3, -0.25) is 0 Å². The highest BCUT2D eigenvalue weighted by Gasteiger charge is 2.47. The zero-order valence-electron chi connectivity index (χ0n) is 20.1. The molecule has 2 aliphatic rings. The van der Waals surface area contributed by atoms with Crippen molar-refractivity contribution in [2.45, 2.75) is 38.6 Å². The number of rotatable bonds is 3. The number of halogens is 1. The topological polar surface area (TPSA) is 26.7 Å². The zero-order chi connectivity index (χ0) is 24.2. The van der Waals surface area contributed by atoms with Gasteiger partial charge >= 0.3 is 0 Å². The molecule has 2 atom stereocenters. The van der Waals surface area contributed by atoms with Crippen molar-refractivity contribution in [2.24, 2.45) is 0 Å². The van der Waals surface area contributed by atoms with Crippen molar-refractivity contribution in [3.8, 4) is 0 Å². The summed E-state index contributed by atoms with van der Waals surface area (Å²) in [6.45, 7) is 6.60. The molecule has 0 fully saturated rings. The van der Waals surface area contributed by atoms with Crippen LogP contribution in [0.25, 0.3) is 0 Å². The summed E-state index contributed by atoms with van der Waals surface area (Å²) in [6, 6.07) is 31.6. The first-order chi connectivity index (χ1) is 16.9. The number of anilines is 2. The predicted molar refractivity (Wildman–Crippen MR) is 147 cm³/mol. The summed E-state index contributed by atoms with van der Waals surface area (Å²) in [4.78, 5) is 4.92. The van der Waals surface area contributed by atoms with Crippen LogP contribution < -0.4 is 9.80 Å². The van der Waals surface area contributed by atoms with E-state index in [1.54, 1.807) is 0 Å². The molecule has 4 aromatic carbocycles. The molecule has 6 rings (SSSR count). The fourth-order valence-electron chi connectivity index (χ4n) is 5.88. The second-order valence-electron chi connectivity index (χ2n) is 9.93. The molecule has 1 unspecified atom stereocenters. The zero-order valence-corrected chi connectivity index (χ0v) is 21.7. The van der Waals surface area contributed by atoms with E-state index >= 15 is 0 Å². The standard InChI is InChI=1S/C31H29BrN2O/c1-21-8-14-28-24(17-21)19-34-29-15-9-22(2)16-23(29)18-33(28)20-30(34)31(35,25-6-4-3-5-7-25)26-10-12-27(32)13-11-26/h3-17,30,35H,18-20H2,1-2H3/t30?,31-/m0/s1. The highest BCUT2D eigenvalue weighted by molar-refractivity contribution is 9.10. The van der Waals surface area contributed by atoms with E-state index in [1.165, 1.54) is 33.6 Å². The van der Waals surface area contributed by atoms with Gasteiger partial charge in [0.1, 0.15) is 5.60 Å². The Labute approximate surface area is 215 Å². The fraction of sp³-hybridized carbons (Fsp3) is 0.226. The lowest BCUT2D eigenvalue weighted by molar-refractivity contribution is 0.0509. The molecule has 176 valence electrons. The van der Waals surface area contributed by atoms with E-state index < -0.39 is 5.60 Å². The number of hydrogen-bond donors (Lipinski definition) is 1. The van der Waals surface area contributed by atoms with Crippen molar-refractivity contribution in [3.63, 3.8) is 0 Å². The van der Waals surface area contributed by atoms with Crippen molar-refractivity contribution < 1.29 is 5.11 Å². The van der Waals surface area contributed by atoms with E-state index in [0.717, 1.165) is 28.7 Å². The maximum Gasteiger partial charge on any atom is 0.137 e. The van der Waals surface area contributed by atoms with Gasteiger partial charge in [-0.15, -0.1) is 0 Å². The van der Waals surface area contributed by atoms with Gasteiger partial charge in [0.2, 0.25) is 0 Å². The Bertz CT molecular complexity index is 1390. The normalized spacial score (nSPS) is 18.3. The summed E-state index contributed by atoms with van der Waals surface area (Å²) in [7, 11) is 0. The van der Waals surface area contributed by atoms with Crippen LogP contribution in [0.1, 0.15) is 33.4 Å². The molecule has 0 aromatic heterocycles. The van der Waals surface area contributed by atoms with Crippen LogP contribution in [0.5, 0.6) is 0 Å². The minimum atomic E-state index is -1.20. The minimum absolute atomic E-state index is 0.192. The van der Waals surface area contributed by atoms with Crippen molar-refractivity contribution in [1.29, 1.82) is 0 Å². The molecule has 4 heteroatoms. The SMILES string of the molecule is Cc1ccc2c(c1)CN1c3ccc(C)cc3CN2CC1[C@](O)(c1ccccc1)c1ccc(Br)cc1. The molecule has 2 aliphatic heterocycles. The van der Waals surface area contributed by atoms with Gasteiger partial charge in [-0.05, 0) is 60.4 Å². The summed E-state index contributed by atoms with van der Waals surface area (Å²) in [5, 5.41) is 12.9. The van der Waals surface area contributed by atoms with Crippen molar-refractivity contribution in [1.82, 2.24) is 0 Å². The summed E-state index contributed by atoms with van der Waals surface area (Å²) >= 11 is 3.58. The molecule has 1 N–H and O–H groups in total. The van der Waals surface area contributed by atoms with E-state index in [9.17, 15) is 5.11 Å². The number of aliphatic hydroxyl groups is 1. The van der Waals surface area contributed by atoms with Gasteiger partial charge < -0.3 is 14.9 Å². The molecule has 0 radical (unpaired) electrons. The van der Waals surface area contributed by atoms with Gasteiger partial charge in [0.25, 0.3) is 0 Å². The fourth-order valence-corrected chi connectivity index (χ4v) is 6.15. The van der Waals surface area contributed by atoms with Crippen molar-refractivity contribution in [2.75, 3.05) is 16.3 Å². The molecule has 4 aromatic rings. The molecule has 35 heavy (non-hydrogen) atoms. The number of hydrogen-bond acceptors (Lipinski definition) is 3.